The summed E-state index contributed by atoms with van der Waals surface area (Å²) < 4.78 is 0. The molecule has 0 radical (unpaired) electrons. The molecule has 2 N–H and O–H groups in total. The number of hydrogen-bond acceptors (Lipinski definition) is 5. The molecule has 2 heterocycles. The summed E-state index contributed by atoms with van der Waals surface area (Å²) in [5, 5.41) is 3.33. The Kier molecular flexibility index (Phi) is 5.12. The van der Waals surface area contributed by atoms with Gasteiger partial charge in [0.05, 0.1) is 10.7 Å². The second kappa shape index (κ2) is 6.61. The van der Waals surface area contributed by atoms with Gasteiger partial charge in [-0.2, -0.15) is 0 Å². The summed E-state index contributed by atoms with van der Waals surface area (Å²) in [5.74, 6) is 0. The van der Waals surface area contributed by atoms with Crippen LogP contribution in [0.2, 0.25) is 0 Å². The van der Waals surface area contributed by atoms with Crippen LogP contribution in [0, 0.1) is 0 Å². The van der Waals surface area contributed by atoms with Crippen LogP contribution in [0.5, 0.6) is 0 Å². The number of rotatable bonds is 6. The van der Waals surface area contributed by atoms with Crippen molar-refractivity contribution in [3.63, 3.8) is 0 Å². The molecule has 5 heteroatoms. The molecule has 18 heavy (non-hydrogen) atoms. The van der Waals surface area contributed by atoms with Crippen molar-refractivity contribution in [2.24, 2.45) is 5.73 Å². The van der Waals surface area contributed by atoms with Crippen molar-refractivity contribution in [1.82, 2.24) is 14.8 Å². The van der Waals surface area contributed by atoms with Gasteiger partial charge in [0.1, 0.15) is 0 Å². The van der Waals surface area contributed by atoms with Crippen LogP contribution in [-0.4, -0.2) is 54.6 Å². The third-order valence-corrected chi connectivity index (χ3v) is 4.54. The van der Waals surface area contributed by atoms with Crippen LogP contribution in [0.3, 0.4) is 0 Å². The zero-order valence-corrected chi connectivity index (χ0v) is 12.2. The van der Waals surface area contributed by atoms with Gasteiger partial charge < -0.3 is 10.6 Å². The van der Waals surface area contributed by atoms with E-state index in [0.717, 1.165) is 25.6 Å². The van der Waals surface area contributed by atoms with Crippen LogP contribution in [-0.2, 0) is 13.0 Å². The number of aromatic nitrogens is 1. The minimum atomic E-state index is 0.690. The number of likely N-dealkylation sites (tertiary alicyclic amines) is 1. The van der Waals surface area contributed by atoms with Crippen LogP contribution >= 0.6 is 11.3 Å². The third-order valence-electron chi connectivity index (χ3n) is 3.58. The molecule has 1 unspecified atom stereocenters. The lowest BCUT2D eigenvalue weighted by atomic mass is 10.2. The summed E-state index contributed by atoms with van der Waals surface area (Å²) in [6, 6.07) is 0.720. The maximum atomic E-state index is 5.55. The zero-order chi connectivity index (χ0) is 13.0. The largest absolute Gasteiger partial charge is 0.330 e. The Morgan fingerprint density at radius 3 is 3.11 bits per heavy atom. The highest BCUT2D eigenvalue weighted by Gasteiger charge is 2.22. The molecule has 0 saturated carbocycles. The fourth-order valence-electron chi connectivity index (χ4n) is 2.57. The third kappa shape index (κ3) is 3.75. The average molecular weight is 268 g/mol. The summed E-state index contributed by atoms with van der Waals surface area (Å²) >= 11 is 1.73. The Labute approximate surface area is 114 Å². The minimum absolute atomic E-state index is 0.690. The predicted octanol–water partition coefficient (Wildman–Crippen LogP) is 1.17. The van der Waals surface area contributed by atoms with Gasteiger partial charge in [-0.15, -0.1) is 11.3 Å². The molecule has 1 aliphatic heterocycles. The first-order chi connectivity index (χ1) is 8.69. The number of nitrogens with zero attached hydrogens (tertiary/aromatic N) is 3. The van der Waals surface area contributed by atoms with Gasteiger partial charge in [-0.3, -0.25) is 4.90 Å². The molecule has 4 nitrogen and oxygen atoms in total. The Hall–Kier alpha value is -0.490. The molecule has 1 fully saturated rings. The fourth-order valence-corrected chi connectivity index (χ4v) is 3.38. The molecular formula is C13H24N4S. The number of hydrogen-bond donors (Lipinski definition) is 1. The van der Waals surface area contributed by atoms with E-state index in [1.54, 1.807) is 11.3 Å². The summed E-state index contributed by atoms with van der Waals surface area (Å²) in [6.07, 6.45) is 3.57. The quantitative estimate of drug-likeness (QED) is 0.841. The minimum Gasteiger partial charge on any atom is -0.330 e. The van der Waals surface area contributed by atoms with E-state index in [2.05, 4.69) is 34.3 Å². The van der Waals surface area contributed by atoms with E-state index >= 15 is 0 Å². The van der Waals surface area contributed by atoms with Gasteiger partial charge in [0.25, 0.3) is 0 Å². The molecule has 1 saturated heterocycles. The number of nitrogens with two attached hydrogens (primary N) is 1. The normalized spacial score (nSPS) is 21.0. The highest BCUT2D eigenvalue weighted by atomic mass is 32.1. The molecule has 0 aliphatic carbocycles. The van der Waals surface area contributed by atoms with Crippen LogP contribution in [0.1, 0.15) is 23.5 Å². The molecule has 0 aromatic carbocycles. The van der Waals surface area contributed by atoms with Gasteiger partial charge in [0.2, 0.25) is 0 Å². The number of thiazole rings is 1. The fraction of sp³-hybridized carbons (Fsp3) is 0.769. The van der Waals surface area contributed by atoms with Gasteiger partial charge in [0, 0.05) is 30.9 Å². The molecular weight excluding hydrogens is 244 g/mol. The summed E-state index contributed by atoms with van der Waals surface area (Å²) in [5.41, 5.74) is 6.73. The molecule has 0 amide bonds. The maximum Gasteiger partial charge on any atom is 0.0941 e. The topological polar surface area (TPSA) is 45.4 Å². The molecule has 0 spiro atoms. The molecule has 1 aliphatic rings. The van der Waals surface area contributed by atoms with Crippen molar-refractivity contribution < 1.29 is 0 Å². The Morgan fingerprint density at radius 2 is 2.44 bits per heavy atom. The van der Waals surface area contributed by atoms with E-state index in [4.69, 9.17) is 5.73 Å². The van der Waals surface area contributed by atoms with Crippen molar-refractivity contribution in [2.45, 2.75) is 31.8 Å². The van der Waals surface area contributed by atoms with Gasteiger partial charge in [0.15, 0.2) is 0 Å². The highest BCUT2D eigenvalue weighted by molar-refractivity contribution is 7.09. The monoisotopic (exact) mass is 268 g/mol. The molecule has 102 valence electrons. The number of likely N-dealkylation sites (N-methyl/N-ethyl adjacent to an activating group) is 2. The standard InChI is InChI=1S/C13H24N4S/c1-16(9-12-4-3-7-17(12)2)8-11-10-18-13(15-11)5-6-14/h10,12H,3-9,14H2,1-2H3. The Balaban J connectivity index is 1.80. The van der Waals surface area contributed by atoms with Crippen LogP contribution in [0.4, 0.5) is 0 Å². The van der Waals surface area contributed by atoms with E-state index in [0.29, 0.717) is 6.54 Å². The van der Waals surface area contributed by atoms with Crippen molar-refractivity contribution in [3.8, 4) is 0 Å². The second-order valence-electron chi connectivity index (χ2n) is 5.24. The maximum absolute atomic E-state index is 5.55. The van der Waals surface area contributed by atoms with Crippen molar-refractivity contribution in [3.05, 3.63) is 16.1 Å². The molecule has 2 rings (SSSR count). The SMILES string of the molecule is CN(Cc1csc(CCN)n1)CC1CCCN1C. The average Bonchev–Trinajstić information content (AvgIpc) is 2.90. The summed E-state index contributed by atoms with van der Waals surface area (Å²) in [7, 11) is 4.42. The molecule has 0 bridgehead atoms. The van der Waals surface area contributed by atoms with Crippen molar-refractivity contribution >= 4 is 11.3 Å². The van der Waals surface area contributed by atoms with Gasteiger partial charge in [-0.1, -0.05) is 0 Å². The predicted molar refractivity (Wildman–Crippen MR) is 76.9 cm³/mol. The lowest BCUT2D eigenvalue weighted by Crippen LogP contribution is -2.36. The van der Waals surface area contributed by atoms with Crippen LogP contribution < -0.4 is 5.73 Å². The highest BCUT2D eigenvalue weighted by Crippen LogP contribution is 2.17. The first-order valence-corrected chi connectivity index (χ1v) is 7.59. The van der Waals surface area contributed by atoms with E-state index in [1.807, 2.05) is 0 Å². The molecule has 1 atom stereocenters. The summed E-state index contributed by atoms with van der Waals surface area (Å²) in [4.78, 5) is 9.47. The van der Waals surface area contributed by atoms with Crippen LogP contribution in [0.15, 0.2) is 5.38 Å². The van der Waals surface area contributed by atoms with E-state index < -0.39 is 0 Å². The van der Waals surface area contributed by atoms with Gasteiger partial charge in [-0.05, 0) is 40.0 Å². The lowest BCUT2D eigenvalue weighted by Gasteiger charge is -2.25. The Bertz CT molecular complexity index is 366. The van der Waals surface area contributed by atoms with E-state index in [9.17, 15) is 0 Å². The van der Waals surface area contributed by atoms with Crippen LogP contribution in [0.25, 0.3) is 0 Å². The Morgan fingerprint density at radius 1 is 1.61 bits per heavy atom. The van der Waals surface area contributed by atoms with Gasteiger partial charge >= 0.3 is 0 Å². The lowest BCUT2D eigenvalue weighted by molar-refractivity contribution is 0.214. The van der Waals surface area contributed by atoms with Crippen molar-refractivity contribution in [1.29, 1.82) is 0 Å². The van der Waals surface area contributed by atoms with Crippen molar-refractivity contribution in [2.75, 3.05) is 33.7 Å². The van der Waals surface area contributed by atoms with E-state index in [-0.39, 0.29) is 0 Å². The second-order valence-corrected chi connectivity index (χ2v) is 6.19. The molecule has 1 aromatic heterocycles. The zero-order valence-electron chi connectivity index (χ0n) is 11.4. The smallest absolute Gasteiger partial charge is 0.0941 e. The van der Waals surface area contributed by atoms with E-state index in [1.165, 1.54) is 30.1 Å². The van der Waals surface area contributed by atoms with Gasteiger partial charge in [-0.25, -0.2) is 4.98 Å². The first-order valence-electron chi connectivity index (χ1n) is 6.71. The summed E-state index contributed by atoms with van der Waals surface area (Å²) in [6.45, 7) is 4.02. The first kappa shape index (κ1) is 13.9. The molecule has 1 aromatic rings.